The lowest BCUT2D eigenvalue weighted by Crippen LogP contribution is -2.46. The third kappa shape index (κ3) is 38.9. The molecule has 0 aromatic rings. The summed E-state index contributed by atoms with van der Waals surface area (Å²) < 4.78 is 5.88. The topological polar surface area (TPSA) is 95.9 Å². The summed E-state index contributed by atoms with van der Waals surface area (Å²) in [5.41, 5.74) is 0. The van der Waals surface area contributed by atoms with Gasteiger partial charge in [0.1, 0.15) is 6.10 Å². The van der Waals surface area contributed by atoms with Gasteiger partial charge in [-0.2, -0.15) is 0 Å². The molecule has 0 bridgehead atoms. The van der Waals surface area contributed by atoms with Crippen molar-refractivity contribution in [3.05, 3.63) is 36.5 Å². The molecule has 328 valence electrons. The molecule has 0 radical (unpaired) electrons. The Kier molecular flexibility index (Phi) is 42.7. The third-order valence-electron chi connectivity index (χ3n) is 11.0. The Morgan fingerprint density at radius 1 is 0.518 bits per heavy atom. The van der Waals surface area contributed by atoms with E-state index >= 15 is 0 Å². The van der Waals surface area contributed by atoms with Crippen LogP contribution in [0.15, 0.2) is 36.5 Å². The van der Waals surface area contributed by atoms with Gasteiger partial charge in [0.05, 0.1) is 25.2 Å². The Morgan fingerprint density at radius 3 is 1.45 bits per heavy atom. The van der Waals surface area contributed by atoms with Crippen LogP contribution in [-0.4, -0.2) is 46.9 Å². The lowest BCUT2D eigenvalue weighted by molar-refractivity contribution is -0.151. The summed E-state index contributed by atoms with van der Waals surface area (Å²) in [6.07, 6.45) is 50.6. The van der Waals surface area contributed by atoms with E-state index in [0.29, 0.717) is 19.3 Å². The van der Waals surface area contributed by atoms with Crippen LogP contribution in [0, 0.1) is 0 Å². The van der Waals surface area contributed by atoms with Crippen LogP contribution in [0.3, 0.4) is 0 Å². The highest BCUT2D eigenvalue weighted by molar-refractivity contribution is 5.77. The van der Waals surface area contributed by atoms with E-state index in [9.17, 15) is 19.8 Å². The van der Waals surface area contributed by atoms with Crippen molar-refractivity contribution in [2.45, 2.75) is 264 Å². The minimum atomic E-state index is -0.797. The molecular formula is C50H93NO5. The van der Waals surface area contributed by atoms with E-state index < -0.39 is 18.2 Å². The van der Waals surface area contributed by atoms with E-state index in [1.54, 1.807) is 0 Å². The third-order valence-corrected chi connectivity index (χ3v) is 11.0. The van der Waals surface area contributed by atoms with Crippen molar-refractivity contribution >= 4 is 11.9 Å². The number of rotatable bonds is 43. The smallest absolute Gasteiger partial charge is 0.306 e. The highest BCUT2D eigenvalue weighted by Crippen LogP contribution is 2.17. The molecule has 1 amide bonds. The number of unbranched alkanes of at least 4 members (excludes halogenated alkanes) is 26. The van der Waals surface area contributed by atoms with Crippen molar-refractivity contribution in [1.29, 1.82) is 0 Å². The molecule has 0 rings (SSSR count). The number of ether oxygens (including phenoxy) is 1. The van der Waals surface area contributed by atoms with Crippen molar-refractivity contribution in [1.82, 2.24) is 5.32 Å². The summed E-state index contributed by atoms with van der Waals surface area (Å²) in [6.45, 7) is 6.43. The molecule has 3 unspecified atom stereocenters. The van der Waals surface area contributed by atoms with E-state index in [4.69, 9.17) is 4.74 Å². The molecule has 3 N–H and O–H groups in total. The fourth-order valence-corrected chi connectivity index (χ4v) is 7.24. The normalized spacial score (nSPS) is 13.6. The van der Waals surface area contributed by atoms with Crippen LogP contribution in [0.5, 0.6) is 0 Å². The molecule has 3 atom stereocenters. The maximum Gasteiger partial charge on any atom is 0.306 e. The average molecular weight is 788 g/mol. The van der Waals surface area contributed by atoms with Gasteiger partial charge < -0.3 is 20.3 Å². The molecule has 0 spiro atoms. The minimum Gasteiger partial charge on any atom is -0.462 e. The highest BCUT2D eigenvalue weighted by Gasteiger charge is 2.24. The first-order valence-corrected chi connectivity index (χ1v) is 24.2. The molecule has 6 heteroatoms. The van der Waals surface area contributed by atoms with Gasteiger partial charge in [0.15, 0.2) is 0 Å². The zero-order valence-corrected chi connectivity index (χ0v) is 37.3. The predicted molar refractivity (Wildman–Crippen MR) is 241 cm³/mol. The van der Waals surface area contributed by atoms with Gasteiger partial charge in [0, 0.05) is 6.42 Å². The molecular weight excluding hydrogens is 695 g/mol. The molecule has 0 aliphatic rings. The van der Waals surface area contributed by atoms with E-state index in [1.807, 2.05) is 0 Å². The summed E-state index contributed by atoms with van der Waals surface area (Å²) in [5, 5.41) is 23.6. The lowest BCUT2D eigenvalue weighted by Gasteiger charge is -2.24. The van der Waals surface area contributed by atoms with Gasteiger partial charge in [-0.05, 0) is 70.6 Å². The standard InChI is InChI=1S/C50H93NO5/c1-4-7-10-13-16-19-22-24-25-27-29-32-35-38-41-46(56-50(55)43-40-37-34-31-28-23-20-17-14-11-8-5-2)44-49(54)51-47(45-52)48(53)42-39-36-33-30-26-21-18-15-12-9-6-3/h17,20,25,27,29,32,46-48,52-53H,4-16,18-19,21-24,26,28,30-31,33-45H2,1-3H3,(H,51,54)/b20-17-,27-25+,32-29+. The second-order valence-corrected chi connectivity index (χ2v) is 16.5. The monoisotopic (exact) mass is 788 g/mol. The summed E-state index contributed by atoms with van der Waals surface area (Å²) in [5.74, 6) is -0.528. The van der Waals surface area contributed by atoms with Crippen molar-refractivity contribution in [2.24, 2.45) is 0 Å². The zero-order chi connectivity index (χ0) is 41.0. The maximum atomic E-state index is 13.1. The minimum absolute atomic E-state index is 0.0431. The molecule has 0 heterocycles. The predicted octanol–water partition coefficient (Wildman–Crippen LogP) is 14.1. The van der Waals surface area contributed by atoms with Crippen LogP contribution in [0.4, 0.5) is 0 Å². The first-order chi connectivity index (χ1) is 27.5. The second kappa shape index (κ2) is 44.2. The van der Waals surface area contributed by atoms with E-state index in [1.165, 1.54) is 135 Å². The summed E-state index contributed by atoms with van der Waals surface area (Å²) >= 11 is 0. The van der Waals surface area contributed by atoms with Crippen LogP contribution in [-0.2, 0) is 14.3 Å². The van der Waals surface area contributed by atoms with Gasteiger partial charge in [-0.1, -0.05) is 198 Å². The molecule has 0 aliphatic heterocycles. The van der Waals surface area contributed by atoms with E-state index in [2.05, 4.69) is 62.5 Å². The number of aliphatic hydroxyl groups is 2. The van der Waals surface area contributed by atoms with Crippen LogP contribution in [0.2, 0.25) is 0 Å². The number of esters is 1. The van der Waals surface area contributed by atoms with E-state index in [0.717, 1.165) is 64.2 Å². The first-order valence-electron chi connectivity index (χ1n) is 24.2. The Labute approximate surface area is 347 Å². The largest absolute Gasteiger partial charge is 0.462 e. The SMILES string of the molecule is CCCCC/C=C\CCCCCCCC(=O)OC(CCC/C=C/C=C/CCCCCCCCC)CC(=O)NC(CO)C(O)CCCCCCCCCCCCC. The van der Waals surface area contributed by atoms with Gasteiger partial charge >= 0.3 is 5.97 Å². The van der Waals surface area contributed by atoms with Crippen LogP contribution in [0.25, 0.3) is 0 Å². The number of allylic oxidation sites excluding steroid dienone is 6. The fourth-order valence-electron chi connectivity index (χ4n) is 7.24. The molecule has 0 fully saturated rings. The summed E-state index contributed by atoms with van der Waals surface area (Å²) in [4.78, 5) is 26.0. The van der Waals surface area contributed by atoms with Crippen molar-refractivity contribution in [3.63, 3.8) is 0 Å². The molecule has 56 heavy (non-hydrogen) atoms. The van der Waals surface area contributed by atoms with Gasteiger partial charge in [-0.3, -0.25) is 9.59 Å². The quantitative estimate of drug-likeness (QED) is 0.0247. The Morgan fingerprint density at radius 2 is 0.929 bits per heavy atom. The number of carbonyl (C=O) groups is 2. The molecule has 0 aromatic heterocycles. The molecule has 0 saturated heterocycles. The molecule has 0 aliphatic carbocycles. The van der Waals surface area contributed by atoms with Crippen molar-refractivity contribution in [3.8, 4) is 0 Å². The molecule has 0 aromatic carbocycles. The van der Waals surface area contributed by atoms with Gasteiger partial charge in [-0.25, -0.2) is 0 Å². The number of amides is 1. The van der Waals surface area contributed by atoms with Crippen molar-refractivity contribution in [2.75, 3.05) is 6.61 Å². The van der Waals surface area contributed by atoms with Crippen molar-refractivity contribution < 1.29 is 24.5 Å². The number of nitrogens with one attached hydrogen (secondary N) is 1. The number of hydrogen-bond donors (Lipinski definition) is 3. The first kappa shape index (κ1) is 54.1. The summed E-state index contributed by atoms with van der Waals surface area (Å²) in [7, 11) is 0. The van der Waals surface area contributed by atoms with Crippen LogP contribution in [0.1, 0.15) is 245 Å². The maximum absolute atomic E-state index is 13.1. The number of hydrogen-bond acceptors (Lipinski definition) is 5. The number of carbonyl (C=O) groups excluding carboxylic acids is 2. The summed E-state index contributed by atoms with van der Waals surface area (Å²) in [6, 6.07) is -0.714. The van der Waals surface area contributed by atoms with Gasteiger partial charge in [0.25, 0.3) is 0 Å². The Bertz CT molecular complexity index is 930. The van der Waals surface area contributed by atoms with Gasteiger partial charge in [0.2, 0.25) is 5.91 Å². The Hall–Kier alpha value is -1.92. The Balaban J connectivity index is 4.67. The van der Waals surface area contributed by atoms with E-state index in [-0.39, 0.29) is 24.9 Å². The second-order valence-electron chi connectivity index (χ2n) is 16.5. The molecule has 0 saturated carbocycles. The van der Waals surface area contributed by atoms with Gasteiger partial charge in [-0.15, -0.1) is 0 Å². The van der Waals surface area contributed by atoms with Crippen LogP contribution >= 0.6 is 0 Å². The number of aliphatic hydroxyl groups excluding tert-OH is 2. The molecule has 6 nitrogen and oxygen atoms in total. The lowest BCUT2D eigenvalue weighted by atomic mass is 10.0. The fraction of sp³-hybridized carbons (Fsp3) is 0.840. The van der Waals surface area contributed by atoms with Crippen LogP contribution < -0.4 is 5.32 Å². The zero-order valence-electron chi connectivity index (χ0n) is 37.3. The average Bonchev–Trinajstić information content (AvgIpc) is 3.19. The highest BCUT2D eigenvalue weighted by atomic mass is 16.5.